The van der Waals surface area contributed by atoms with Gasteiger partial charge in [-0.2, -0.15) is 5.16 Å². The number of aliphatic hydroxyl groups is 1. The Balaban J connectivity index is -0.000000313. The summed E-state index contributed by atoms with van der Waals surface area (Å²) in [5.41, 5.74) is 2.48. The number of hydrogen-bond donors (Lipinski definition) is 23. The van der Waals surface area contributed by atoms with Gasteiger partial charge in [-0.15, -0.1) is 24.8 Å². The average molecular weight is 1920 g/mol. The number of nitrogens with zero attached hydrogens (tertiary/aromatic N) is 2. The van der Waals surface area contributed by atoms with E-state index in [1.165, 1.54) is 60.2 Å². The van der Waals surface area contributed by atoms with Crippen LogP contribution in [-0.2, 0) is 82.1 Å². The van der Waals surface area contributed by atoms with Crippen LogP contribution in [0.4, 0.5) is 0 Å². The Morgan fingerprint density at radius 2 is 0.764 bits per heavy atom. The van der Waals surface area contributed by atoms with Crippen LogP contribution < -0.4 is 122 Å². The fourth-order valence-corrected chi connectivity index (χ4v) is 10.8. The van der Waals surface area contributed by atoms with E-state index < -0.39 is 0 Å². The minimum absolute atomic E-state index is 0. The topological polar surface area (TPSA) is 340 Å². The third-order valence-electron chi connectivity index (χ3n) is 16.7. The van der Waals surface area contributed by atoms with Crippen LogP contribution in [0.5, 0.6) is 5.75 Å². The fourth-order valence-electron chi connectivity index (χ4n) is 10.8. The van der Waals surface area contributed by atoms with Gasteiger partial charge < -0.3 is 145 Å². The van der Waals surface area contributed by atoms with Gasteiger partial charge in [-0.1, -0.05) is 72.9 Å². The first-order valence-electron chi connectivity index (χ1n) is 38.1. The molecule has 0 bridgehead atoms. The van der Waals surface area contributed by atoms with Crippen molar-refractivity contribution in [3.8, 4) is 11.2 Å². The molecule has 0 aliphatic carbocycles. The molecule has 40 heteroatoms. The molecular formula is C70H144Cl8Mn4N24O2S2-2. The summed E-state index contributed by atoms with van der Waals surface area (Å²) in [5.74, 6) is 0.929. The largest absolute Gasteiger partial charge is 0.753 e. The standard InChI is InChI=1S/C25H39N5O.C20H47N7.C12H29N5.C11H27N5O.CHNS.CNS.8ClH.4Mn/c1-21-18-28-13-12-26-10-11-27-14-15-29-24(19-30-21)16-23-8-5-9-25(17-23)31-20-22-6-3-2-4-7-22;1-21-9-5-3-7-19-17-25-14-13-23-11-12-24-15-16-26-20(18-27-19)8-4-6-10-22-2;1-11-12(2)17-10-8-15-6-4-13-3-5-14-7-9-16-11;17-10-11-9-15-6-5-13-2-1-12-3-4-14-7-8-16-11;2*2-1-3;;;;;;;;;;;;/h2-9,17,21,24,26-30H,10-16,18-20H2,1H3;19-27H,3-18H2,1-2H3;11-17H,3-10H2,1-2H3;11-17H,1-10H2;3H;;8*1H;;;;/q;;;;;-1;;;;;;;;;;3*+2/p-7/t21-,24?;19-,20+;11-,12-;11-;;;;;;;;;;;;;;/m1101............../s1. The maximum Gasteiger partial charge on any atom is 0 e. The first kappa shape index (κ1) is 122. The van der Waals surface area contributed by atoms with Crippen molar-refractivity contribution in [2.24, 2.45) is 0 Å². The van der Waals surface area contributed by atoms with Gasteiger partial charge in [-0.25, -0.2) is 5.26 Å². The molecule has 4 heterocycles. The Bertz CT molecular complexity index is 2080. The molecule has 1 radical (unpaired) electrons. The molecule has 654 valence electrons. The molecule has 23 N–H and O–H groups in total. The van der Waals surface area contributed by atoms with E-state index in [0.29, 0.717) is 42.9 Å². The monoisotopic (exact) mass is 1920 g/mol. The Kier molecular flexibility index (Phi) is 116. The Morgan fingerprint density at radius 1 is 0.455 bits per heavy atom. The number of nitrogens with one attached hydrogen (secondary N) is 22. The predicted octanol–water partition coefficient (Wildman–Crippen LogP) is 2.67. The molecule has 4 aliphatic heterocycles. The number of halogens is 8. The number of thiocarbonyl (C=S) groups is 1. The SMILES string of the molecule is CNCCCC[C@@H]1CNCCNCCNCCN[C@@H](CCCCNC)CN1.C[C@@H]1CNCCNCCNCCNC(Cc2cccc(OCc3ccccc3)c2)CN1.C[C@@H]1NCCNCCNCCNCCN[C@H]1C.Cl.Cl.N#C[S-].OC[C@H]1CNCCNCCNCCNCCN1.[Cl][Mn][Cl].[Cl][Mn][Cl].[Cl][Mn][Cl].[Mn].[N-]=C=S. The van der Waals surface area contributed by atoms with Crippen LogP contribution in [0.2, 0.25) is 0 Å². The summed E-state index contributed by atoms with van der Waals surface area (Å²) in [7, 11) is 32.8. The molecule has 0 spiro atoms. The molecule has 0 aromatic heterocycles. The average Bonchev–Trinajstić information content (AvgIpc) is 0.889. The number of nitriles is 1. The fraction of sp³-hybridized carbons (Fsp3) is 0.800. The summed E-state index contributed by atoms with van der Waals surface area (Å²) < 4.78 is 6.03. The van der Waals surface area contributed by atoms with Crippen LogP contribution in [-0.4, -0.2) is 302 Å². The number of thiocyanates is 1. The van der Waals surface area contributed by atoms with Crippen LogP contribution in [0.3, 0.4) is 0 Å². The van der Waals surface area contributed by atoms with Gasteiger partial charge in [0.05, 0.1) is 6.61 Å². The van der Waals surface area contributed by atoms with Crippen molar-refractivity contribution in [2.75, 3.05) is 250 Å². The quantitative estimate of drug-likeness (QED) is 0.0287. The summed E-state index contributed by atoms with van der Waals surface area (Å²) in [5, 5.41) is 103. The van der Waals surface area contributed by atoms with E-state index in [9.17, 15) is 5.11 Å². The van der Waals surface area contributed by atoms with Crippen molar-refractivity contribution >= 4 is 115 Å². The molecule has 0 amide bonds. The van der Waals surface area contributed by atoms with Gasteiger partial charge in [0.1, 0.15) is 12.4 Å². The minimum atomic E-state index is 0. The molecular weight excluding hydrogens is 1780 g/mol. The number of hydrogen-bond acceptors (Lipinski definition) is 27. The van der Waals surface area contributed by atoms with Crippen LogP contribution in [0, 0.1) is 10.7 Å². The van der Waals surface area contributed by atoms with Gasteiger partial charge in [0.25, 0.3) is 0 Å². The third-order valence-corrected chi connectivity index (χ3v) is 16.7. The molecule has 6 rings (SSSR count). The number of ether oxygens (including phenoxy) is 1. The number of isothiocyanates is 1. The predicted molar refractivity (Wildman–Crippen MR) is 469 cm³/mol. The summed E-state index contributed by atoms with van der Waals surface area (Å²) in [6.45, 7) is 42.9. The first-order chi connectivity index (χ1) is 52.5. The van der Waals surface area contributed by atoms with Gasteiger partial charge in [0.2, 0.25) is 0 Å². The maximum atomic E-state index is 9.19. The zero-order chi connectivity index (χ0) is 79.0. The van der Waals surface area contributed by atoms with E-state index in [-0.39, 0.29) is 93.9 Å². The summed E-state index contributed by atoms with van der Waals surface area (Å²) in [4.78, 5) is 0. The second-order valence-corrected chi connectivity index (χ2v) is 31.5. The number of aliphatic hydroxyl groups excluding tert-OH is 1. The van der Waals surface area contributed by atoms with Crippen LogP contribution >= 0.6 is 97.6 Å². The van der Waals surface area contributed by atoms with Crippen molar-refractivity contribution < 1.29 is 66.3 Å². The summed E-state index contributed by atoms with van der Waals surface area (Å²) in [6, 6.07) is 21.9. The van der Waals surface area contributed by atoms with Crippen LogP contribution in [0.1, 0.15) is 70.4 Å². The molecule has 110 heavy (non-hydrogen) atoms. The van der Waals surface area contributed by atoms with Crippen molar-refractivity contribution in [3.63, 3.8) is 0 Å². The molecule has 4 fully saturated rings. The summed E-state index contributed by atoms with van der Waals surface area (Å²) in [6.07, 6.45) is 8.54. The molecule has 7 atom stereocenters. The Labute approximate surface area is 743 Å². The molecule has 0 saturated carbocycles. The van der Waals surface area contributed by atoms with Gasteiger partial charge in [-0.3, -0.25) is 0 Å². The smallest absolute Gasteiger partial charge is 0 e. The van der Waals surface area contributed by atoms with Gasteiger partial charge in [-0.05, 0) is 103 Å². The van der Waals surface area contributed by atoms with Crippen molar-refractivity contribution in [1.29, 1.82) is 5.26 Å². The molecule has 26 nitrogen and oxygen atoms in total. The molecule has 1 unspecified atom stereocenters. The van der Waals surface area contributed by atoms with E-state index >= 15 is 0 Å². The van der Waals surface area contributed by atoms with Crippen molar-refractivity contribution in [1.82, 2.24) is 117 Å². The van der Waals surface area contributed by atoms with Crippen molar-refractivity contribution in [3.05, 3.63) is 71.1 Å². The van der Waals surface area contributed by atoms with E-state index in [0.717, 1.165) is 241 Å². The zero-order valence-electron chi connectivity index (χ0n) is 66.0. The summed E-state index contributed by atoms with van der Waals surface area (Å²) >= 11 is 7.42. The Morgan fingerprint density at radius 3 is 1.15 bits per heavy atom. The molecule has 4 aliphatic rings. The number of unbranched alkanes of at least 4 members (excludes halogenated alkanes) is 2. The molecule has 4 saturated heterocycles. The van der Waals surface area contributed by atoms with Gasteiger partial charge >= 0.3 is 100.0 Å². The molecule has 2 aromatic rings. The van der Waals surface area contributed by atoms with E-state index in [1.54, 1.807) is 0 Å². The minimum Gasteiger partial charge on any atom is -0.753 e. The Hall–Kier alpha value is 1.23. The van der Waals surface area contributed by atoms with E-state index in [2.05, 4.69) is 193 Å². The van der Waals surface area contributed by atoms with E-state index in [4.69, 9.17) is 76.0 Å². The van der Waals surface area contributed by atoms with Crippen LogP contribution in [0.15, 0.2) is 54.6 Å². The third kappa shape index (κ3) is 93.1. The number of benzene rings is 2. The van der Waals surface area contributed by atoms with Crippen LogP contribution in [0.25, 0.3) is 5.41 Å². The zero-order valence-corrected chi connectivity index (χ0v) is 78.5. The first-order valence-corrected chi connectivity index (χ1v) is 48.7. The van der Waals surface area contributed by atoms with Gasteiger partial charge in [0, 0.05) is 275 Å². The normalized spacial score (nSPS) is 21.9. The second kappa shape index (κ2) is 104. The number of rotatable bonds is 16. The molecule has 2 aromatic carbocycles. The van der Waals surface area contributed by atoms with E-state index in [1.807, 2.05) is 38.4 Å². The van der Waals surface area contributed by atoms with Crippen molar-refractivity contribution in [2.45, 2.75) is 115 Å². The second-order valence-electron chi connectivity index (χ2n) is 25.3. The van der Waals surface area contributed by atoms with Gasteiger partial charge in [0.15, 0.2) is 0 Å². The maximum absolute atomic E-state index is 9.19.